The van der Waals surface area contributed by atoms with Gasteiger partial charge in [0, 0.05) is 12.1 Å². The monoisotopic (exact) mass is 327 g/mol. The molecule has 0 amide bonds. The SMILES string of the molecule is Cc1cc(S(=O)(=O)N2C3CCC2C(C(=O)O)C3)cc(C)c1F. The lowest BCUT2D eigenvalue weighted by Gasteiger charge is -2.23. The Morgan fingerprint density at radius 1 is 1.27 bits per heavy atom. The Morgan fingerprint density at radius 3 is 2.36 bits per heavy atom. The standard InChI is InChI=1S/C15H18FNO4S/c1-8-5-11(6-9(2)14(8)16)22(20,21)17-10-3-4-13(17)12(7-10)15(18)19/h5-6,10,12-13H,3-4,7H2,1-2H3,(H,18,19). The molecule has 1 N–H and O–H groups in total. The van der Waals surface area contributed by atoms with E-state index in [1.54, 1.807) is 0 Å². The summed E-state index contributed by atoms with van der Waals surface area (Å²) < 4.78 is 40.8. The number of aryl methyl sites for hydroxylation is 2. The van der Waals surface area contributed by atoms with Crippen LogP contribution in [0.15, 0.2) is 17.0 Å². The maximum atomic E-state index is 13.7. The van der Waals surface area contributed by atoms with Crippen LogP contribution >= 0.6 is 0 Å². The third-order valence-electron chi connectivity index (χ3n) is 4.78. The molecule has 5 nitrogen and oxygen atoms in total. The van der Waals surface area contributed by atoms with Gasteiger partial charge >= 0.3 is 5.97 Å². The quantitative estimate of drug-likeness (QED) is 0.922. The van der Waals surface area contributed by atoms with Crippen LogP contribution in [-0.2, 0) is 14.8 Å². The van der Waals surface area contributed by atoms with Crippen LogP contribution in [0.1, 0.15) is 30.4 Å². The summed E-state index contributed by atoms with van der Waals surface area (Å²) in [6, 6.07) is 1.90. The molecule has 2 saturated heterocycles. The first-order valence-electron chi connectivity index (χ1n) is 7.26. The summed E-state index contributed by atoms with van der Waals surface area (Å²) >= 11 is 0. The largest absolute Gasteiger partial charge is 0.481 e. The molecule has 7 heteroatoms. The van der Waals surface area contributed by atoms with E-state index in [9.17, 15) is 22.7 Å². The second-order valence-corrected chi connectivity index (χ2v) is 8.03. The van der Waals surface area contributed by atoms with Gasteiger partial charge in [0.05, 0.1) is 10.8 Å². The Kier molecular flexibility index (Phi) is 3.52. The van der Waals surface area contributed by atoms with Crippen LogP contribution in [0.2, 0.25) is 0 Å². The third kappa shape index (κ3) is 2.14. The van der Waals surface area contributed by atoms with Gasteiger partial charge in [-0.05, 0) is 56.4 Å². The maximum Gasteiger partial charge on any atom is 0.308 e. The van der Waals surface area contributed by atoms with Gasteiger partial charge in [-0.3, -0.25) is 4.79 Å². The minimum absolute atomic E-state index is 0.0480. The van der Waals surface area contributed by atoms with Gasteiger partial charge in [0.2, 0.25) is 10.0 Å². The number of benzene rings is 1. The van der Waals surface area contributed by atoms with E-state index in [-0.39, 0.29) is 22.1 Å². The molecule has 0 radical (unpaired) electrons. The Hall–Kier alpha value is -1.47. The van der Waals surface area contributed by atoms with Crippen molar-refractivity contribution in [3.63, 3.8) is 0 Å². The van der Waals surface area contributed by atoms with E-state index in [0.29, 0.717) is 19.3 Å². The average Bonchev–Trinajstić information content (AvgIpc) is 3.02. The van der Waals surface area contributed by atoms with Crippen molar-refractivity contribution in [3.8, 4) is 0 Å². The molecule has 1 aromatic rings. The number of aliphatic carboxylic acids is 1. The predicted octanol–water partition coefficient (Wildman–Crippen LogP) is 2.07. The fourth-order valence-corrected chi connectivity index (χ4v) is 5.84. The van der Waals surface area contributed by atoms with Gasteiger partial charge in [-0.25, -0.2) is 12.8 Å². The van der Waals surface area contributed by atoms with Crippen LogP contribution < -0.4 is 0 Å². The van der Waals surface area contributed by atoms with Crippen molar-refractivity contribution in [1.82, 2.24) is 4.31 Å². The zero-order valence-electron chi connectivity index (χ0n) is 12.4. The molecule has 2 aliphatic heterocycles. The number of carboxylic acids is 1. The number of carbonyl (C=O) groups is 1. The zero-order chi connectivity index (χ0) is 16.2. The number of hydrogen-bond donors (Lipinski definition) is 1. The molecule has 0 saturated carbocycles. The highest BCUT2D eigenvalue weighted by molar-refractivity contribution is 7.89. The highest BCUT2D eigenvalue weighted by Crippen LogP contribution is 2.45. The van der Waals surface area contributed by atoms with Crippen LogP contribution in [0.25, 0.3) is 0 Å². The molecule has 1 aromatic carbocycles. The molecular formula is C15H18FNO4S. The molecule has 2 heterocycles. The molecule has 22 heavy (non-hydrogen) atoms. The molecule has 0 aromatic heterocycles. The Labute approximate surface area is 128 Å². The van der Waals surface area contributed by atoms with E-state index < -0.39 is 33.8 Å². The highest BCUT2D eigenvalue weighted by Gasteiger charge is 2.54. The number of fused-ring (bicyclic) bond motifs is 2. The van der Waals surface area contributed by atoms with Crippen LogP contribution in [-0.4, -0.2) is 35.9 Å². The summed E-state index contributed by atoms with van der Waals surface area (Å²) in [6.45, 7) is 3.06. The topological polar surface area (TPSA) is 74.7 Å². The fourth-order valence-electron chi connectivity index (χ4n) is 3.76. The molecule has 2 bridgehead atoms. The van der Waals surface area contributed by atoms with Gasteiger partial charge in [0.25, 0.3) is 0 Å². The maximum absolute atomic E-state index is 13.7. The molecular weight excluding hydrogens is 309 g/mol. The lowest BCUT2D eigenvalue weighted by Crippen LogP contribution is -2.37. The molecule has 2 aliphatic rings. The van der Waals surface area contributed by atoms with Gasteiger partial charge in [0.1, 0.15) is 5.82 Å². The van der Waals surface area contributed by atoms with E-state index in [1.807, 2.05) is 0 Å². The molecule has 2 fully saturated rings. The lowest BCUT2D eigenvalue weighted by molar-refractivity contribution is -0.142. The van der Waals surface area contributed by atoms with Crippen molar-refractivity contribution in [1.29, 1.82) is 0 Å². The molecule has 3 unspecified atom stereocenters. The minimum atomic E-state index is -3.80. The van der Waals surface area contributed by atoms with E-state index >= 15 is 0 Å². The van der Waals surface area contributed by atoms with Crippen LogP contribution in [0.5, 0.6) is 0 Å². The normalized spacial score (nSPS) is 28.2. The summed E-state index contributed by atoms with van der Waals surface area (Å²) in [5, 5.41) is 9.24. The summed E-state index contributed by atoms with van der Waals surface area (Å²) in [4.78, 5) is 11.3. The summed E-state index contributed by atoms with van der Waals surface area (Å²) in [5.74, 6) is -2.00. The number of halogens is 1. The van der Waals surface area contributed by atoms with Gasteiger partial charge < -0.3 is 5.11 Å². The summed E-state index contributed by atoms with van der Waals surface area (Å²) in [5.41, 5.74) is 0.555. The van der Waals surface area contributed by atoms with E-state index in [0.717, 1.165) is 0 Å². The predicted molar refractivity (Wildman–Crippen MR) is 77.5 cm³/mol. The number of nitrogens with zero attached hydrogens (tertiary/aromatic N) is 1. The highest BCUT2D eigenvalue weighted by atomic mass is 32.2. The first-order chi connectivity index (χ1) is 10.2. The summed E-state index contributed by atoms with van der Waals surface area (Å²) in [6.07, 6.45) is 1.62. The number of sulfonamides is 1. The van der Waals surface area contributed by atoms with Crippen molar-refractivity contribution in [2.45, 2.75) is 50.1 Å². The Bertz CT molecular complexity index is 723. The molecule has 0 spiro atoms. The molecule has 0 aliphatic carbocycles. The second-order valence-electron chi connectivity index (χ2n) is 6.18. The van der Waals surface area contributed by atoms with E-state index in [2.05, 4.69) is 0 Å². The molecule has 3 rings (SSSR count). The van der Waals surface area contributed by atoms with Crippen molar-refractivity contribution in [2.24, 2.45) is 5.92 Å². The first-order valence-corrected chi connectivity index (χ1v) is 8.70. The lowest BCUT2D eigenvalue weighted by atomic mass is 9.89. The zero-order valence-corrected chi connectivity index (χ0v) is 13.2. The van der Waals surface area contributed by atoms with Gasteiger partial charge in [-0.15, -0.1) is 0 Å². The van der Waals surface area contributed by atoms with Gasteiger partial charge in [-0.1, -0.05) is 0 Å². The fraction of sp³-hybridized carbons (Fsp3) is 0.533. The average molecular weight is 327 g/mol. The van der Waals surface area contributed by atoms with Crippen LogP contribution in [0.4, 0.5) is 4.39 Å². The molecule has 120 valence electrons. The van der Waals surface area contributed by atoms with Gasteiger partial charge in [-0.2, -0.15) is 4.31 Å². The van der Waals surface area contributed by atoms with E-state index in [1.165, 1.54) is 30.3 Å². The Morgan fingerprint density at radius 2 is 1.86 bits per heavy atom. The van der Waals surface area contributed by atoms with Crippen molar-refractivity contribution < 1.29 is 22.7 Å². The molecule has 3 atom stereocenters. The van der Waals surface area contributed by atoms with Crippen LogP contribution in [0.3, 0.4) is 0 Å². The number of hydrogen-bond acceptors (Lipinski definition) is 3. The van der Waals surface area contributed by atoms with Crippen molar-refractivity contribution in [2.75, 3.05) is 0 Å². The van der Waals surface area contributed by atoms with Gasteiger partial charge in [0.15, 0.2) is 0 Å². The summed E-state index contributed by atoms with van der Waals surface area (Å²) in [7, 11) is -3.80. The van der Waals surface area contributed by atoms with Crippen molar-refractivity contribution >= 4 is 16.0 Å². The minimum Gasteiger partial charge on any atom is -0.481 e. The van der Waals surface area contributed by atoms with Crippen molar-refractivity contribution in [3.05, 3.63) is 29.1 Å². The van der Waals surface area contributed by atoms with E-state index in [4.69, 9.17) is 0 Å². The first kappa shape index (κ1) is 15.4. The van der Waals surface area contributed by atoms with Crippen LogP contribution in [0, 0.1) is 25.6 Å². The number of carboxylic acid groups (broad SMARTS) is 1. The smallest absolute Gasteiger partial charge is 0.308 e. The Balaban J connectivity index is 2.03. The number of rotatable bonds is 3. The second kappa shape index (κ2) is 5.03. The third-order valence-corrected chi connectivity index (χ3v) is 6.73.